The molecule has 0 saturated carbocycles. The van der Waals surface area contributed by atoms with E-state index in [2.05, 4.69) is 20.7 Å². The van der Waals surface area contributed by atoms with Gasteiger partial charge in [-0.05, 0) is 40.2 Å². The number of carbonyl (C=O) groups excluding carboxylic acids is 2. The van der Waals surface area contributed by atoms with Crippen LogP contribution in [0.1, 0.15) is 43.2 Å². The number of fused-ring (bicyclic) bond motifs is 1. The molecule has 2 aromatic heterocycles. The Bertz CT molecular complexity index is 733. The summed E-state index contributed by atoms with van der Waals surface area (Å²) in [5.74, 6) is -0.224. The average Bonchev–Trinajstić information content (AvgIpc) is 2.80. The van der Waals surface area contributed by atoms with Gasteiger partial charge in [-0.3, -0.25) is 4.79 Å². The van der Waals surface area contributed by atoms with Crippen LogP contribution in [0.3, 0.4) is 0 Å². The number of amides is 2. The molecular formula is C16H23N5O3. The van der Waals surface area contributed by atoms with Gasteiger partial charge in [-0.15, -0.1) is 0 Å². The second-order valence-electron chi connectivity index (χ2n) is 6.39. The molecule has 0 radical (unpaired) electrons. The van der Waals surface area contributed by atoms with E-state index in [4.69, 9.17) is 4.74 Å². The van der Waals surface area contributed by atoms with Gasteiger partial charge in [0.15, 0.2) is 5.65 Å². The fraction of sp³-hybridized carbons (Fsp3) is 0.500. The summed E-state index contributed by atoms with van der Waals surface area (Å²) in [6.45, 7) is 8.03. The van der Waals surface area contributed by atoms with E-state index < -0.39 is 11.7 Å². The van der Waals surface area contributed by atoms with Crippen molar-refractivity contribution in [2.45, 2.75) is 39.7 Å². The fourth-order valence-corrected chi connectivity index (χ4v) is 2.15. The first-order valence-electron chi connectivity index (χ1n) is 7.83. The van der Waals surface area contributed by atoms with Crippen LogP contribution in [-0.2, 0) is 4.74 Å². The second kappa shape index (κ2) is 7.29. The van der Waals surface area contributed by atoms with E-state index in [1.54, 1.807) is 50.7 Å². The SMILES string of the molecule is Cc1nn2cccnc2c1C(=O)NCCCNC(=O)OC(C)(C)C. The Kier molecular flexibility index (Phi) is 5.38. The second-order valence-corrected chi connectivity index (χ2v) is 6.39. The summed E-state index contributed by atoms with van der Waals surface area (Å²) in [5.41, 5.74) is 1.10. The number of aromatic nitrogens is 3. The number of alkyl carbamates (subject to hydrolysis) is 1. The first-order chi connectivity index (χ1) is 11.3. The maximum absolute atomic E-state index is 12.3. The highest BCUT2D eigenvalue weighted by atomic mass is 16.6. The Hall–Kier alpha value is -2.64. The van der Waals surface area contributed by atoms with Crippen LogP contribution < -0.4 is 10.6 Å². The third-order valence-corrected chi connectivity index (χ3v) is 3.10. The minimum atomic E-state index is -0.521. The van der Waals surface area contributed by atoms with Crippen LogP contribution in [-0.4, -0.2) is 45.3 Å². The summed E-state index contributed by atoms with van der Waals surface area (Å²) in [4.78, 5) is 28.0. The molecular weight excluding hydrogens is 310 g/mol. The van der Waals surface area contributed by atoms with E-state index in [9.17, 15) is 9.59 Å². The molecule has 130 valence electrons. The van der Waals surface area contributed by atoms with Crippen LogP contribution in [0.5, 0.6) is 0 Å². The van der Waals surface area contributed by atoms with Crippen molar-refractivity contribution in [2.75, 3.05) is 13.1 Å². The highest BCUT2D eigenvalue weighted by Crippen LogP contribution is 2.12. The van der Waals surface area contributed by atoms with Gasteiger partial charge in [0.25, 0.3) is 5.91 Å². The molecule has 24 heavy (non-hydrogen) atoms. The van der Waals surface area contributed by atoms with Crippen molar-refractivity contribution < 1.29 is 14.3 Å². The molecule has 2 aromatic rings. The summed E-state index contributed by atoms with van der Waals surface area (Å²) < 4.78 is 6.71. The van der Waals surface area contributed by atoms with Gasteiger partial charge >= 0.3 is 6.09 Å². The molecule has 0 saturated heterocycles. The van der Waals surface area contributed by atoms with Crippen molar-refractivity contribution in [3.8, 4) is 0 Å². The maximum Gasteiger partial charge on any atom is 0.407 e. The van der Waals surface area contributed by atoms with E-state index in [1.165, 1.54) is 0 Å². The molecule has 0 fully saturated rings. The zero-order valence-corrected chi connectivity index (χ0v) is 14.4. The molecule has 0 spiro atoms. The van der Waals surface area contributed by atoms with Crippen LogP contribution in [0.25, 0.3) is 5.65 Å². The Morgan fingerprint density at radius 2 is 1.96 bits per heavy atom. The molecule has 8 nitrogen and oxygen atoms in total. The van der Waals surface area contributed by atoms with E-state index in [0.29, 0.717) is 36.4 Å². The van der Waals surface area contributed by atoms with Crippen molar-refractivity contribution in [3.63, 3.8) is 0 Å². The number of hydrogen-bond acceptors (Lipinski definition) is 5. The number of nitrogens with one attached hydrogen (secondary N) is 2. The Labute approximate surface area is 140 Å². The van der Waals surface area contributed by atoms with Gasteiger partial charge in [0.05, 0.1) is 5.69 Å². The van der Waals surface area contributed by atoms with Crippen LogP contribution in [0.4, 0.5) is 4.79 Å². The summed E-state index contributed by atoms with van der Waals surface area (Å²) in [6, 6.07) is 1.75. The molecule has 0 atom stereocenters. The predicted octanol–water partition coefficient (Wildman–Crippen LogP) is 1.68. The molecule has 0 aliphatic heterocycles. The lowest BCUT2D eigenvalue weighted by Crippen LogP contribution is -2.34. The lowest BCUT2D eigenvalue weighted by Gasteiger charge is -2.19. The average molecular weight is 333 g/mol. The molecule has 0 bridgehead atoms. The normalized spacial score (nSPS) is 11.3. The van der Waals surface area contributed by atoms with Crippen molar-refractivity contribution in [2.24, 2.45) is 0 Å². The van der Waals surface area contributed by atoms with Crippen LogP contribution in [0, 0.1) is 6.92 Å². The van der Waals surface area contributed by atoms with Gasteiger partial charge in [-0.2, -0.15) is 5.10 Å². The largest absolute Gasteiger partial charge is 0.444 e. The van der Waals surface area contributed by atoms with Gasteiger partial charge < -0.3 is 15.4 Å². The summed E-state index contributed by atoms with van der Waals surface area (Å²) in [6.07, 6.45) is 3.50. The minimum absolute atomic E-state index is 0.224. The minimum Gasteiger partial charge on any atom is -0.444 e. The Morgan fingerprint density at radius 1 is 1.25 bits per heavy atom. The third kappa shape index (κ3) is 4.68. The number of rotatable bonds is 5. The predicted molar refractivity (Wildman–Crippen MR) is 88.9 cm³/mol. The van der Waals surface area contributed by atoms with Crippen molar-refractivity contribution >= 4 is 17.6 Å². The van der Waals surface area contributed by atoms with Crippen LogP contribution in [0.15, 0.2) is 18.5 Å². The number of ether oxygens (including phenoxy) is 1. The van der Waals surface area contributed by atoms with E-state index in [1.807, 2.05) is 0 Å². The van der Waals surface area contributed by atoms with E-state index in [-0.39, 0.29) is 5.91 Å². The first kappa shape index (κ1) is 17.7. The van der Waals surface area contributed by atoms with Gasteiger partial charge in [0, 0.05) is 25.5 Å². The van der Waals surface area contributed by atoms with Crippen molar-refractivity contribution in [1.82, 2.24) is 25.2 Å². The smallest absolute Gasteiger partial charge is 0.407 e. The lowest BCUT2D eigenvalue weighted by atomic mass is 10.2. The molecule has 2 heterocycles. The van der Waals surface area contributed by atoms with Crippen molar-refractivity contribution in [3.05, 3.63) is 29.7 Å². The first-order valence-corrected chi connectivity index (χ1v) is 7.83. The molecule has 2 N–H and O–H groups in total. The van der Waals surface area contributed by atoms with Gasteiger partial charge in [0.1, 0.15) is 11.2 Å². The van der Waals surface area contributed by atoms with Gasteiger partial charge in [-0.1, -0.05) is 0 Å². The summed E-state index contributed by atoms with van der Waals surface area (Å²) in [5, 5.41) is 9.72. The number of carbonyl (C=O) groups is 2. The molecule has 0 unspecified atom stereocenters. The molecule has 0 aromatic carbocycles. The zero-order chi connectivity index (χ0) is 17.7. The van der Waals surface area contributed by atoms with Gasteiger partial charge in [0.2, 0.25) is 0 Å². The molecule has 2 rings (SSSR count). The Balaban J connectivity index is 1.79. The maximum atomic E-state index is 12.3. The molecule has 0 aliphatic rings. The van der Waals surface area contributed by atoms with Crippen LogP contribution in [0.2, 0.25) is 0 Å². The van der Waals surface area contributed by atoms with E-state index >= 15 is 0 Å². The fourth-order valence-electron chi connectivity index (χ4n) is 2.15. The summed E-state index contributed by atoms with van der Waals surface area (Å²) >= 11 is 0. The van der Waals surface area contributed by atoms with Crippen molar-refractivity contribution in [1.29, 1.82) is 0 Å². The monoisotopic (exact) mass is 333 g/mol. The highest BCUT2D eigenvalue weighted by Gasteiger charge is 2.18. The highest BCUT2D eigenvalue weighted by molar-refractivity contribution is 6.00. The summed E-state index contributed by atoms with van der Waals surface area (Å²) in [7, 11) is 0. The standard InChI is InChI=1S/C16H23N5O3/c1-11-12(13-17-9-6-10-21(13)20-11)14(22)18-7-5-8-19-15(23)24-16(2,3)4/h6,9-10H,5,7-8H2,1-4H3,(H,18,22)(H,19,23). The molecule has 0 aliphatic carbocycles. The molecule has 8 heteroatoms. The number of hydrogen-bond donors (Lipinski definition) is 2. The van der Waals surface area contributed by atoms with Gasteiger partial charge in [-0.25, -0.2) is 14.3 Å². The number of aryl methyl sites for hydroxylation is 1. The topological polar surface area (TPSA) is 97.6 Å². The lowest BCUT2D eigenvalue weighted by molar-refractivity contribution is 0.0527. The Morgan fingerprint density at radius 3 is 2.67 bits per heavy atom. The van der Waals surface area contributed by atoms with Crippen LogP contribution >= 0.6 is 0 Å². The zero-order valence-electron chi connectivity index (χ0n) is 14.4. The quantitative estimate of drug-likeness (QED) is 0.811. The van der Waals surface area contributed by atoms with E-state index in [0.717, 1.165) is 0 Å². The molecule has 2 amide bonds. The third-order valence-electron chi connectivity index (χ3n) is 3.10. The number of nitrogens with zero attached hydrogens (tertiary/aromatic N) is 3.